The Morgan fingerprint density at radius 3 is 2.00 bits per heavy atom. The van der Waals surface area contributed by atoms with Gasteiger partial charge in [-0.05, 0) is 60.8 Å². The largest absolute Gasteiger partial charge is 0.383 e. The third kappa shape index (κ3) is 7.77. The first-order valence-electron chi connectivity index (χ1n) is 8.00. The van der Waals surface area contributed by atoms with Crippen molar-refractivity contribution in [1.82, 2.24) is 0 Å². The van der Waals surface area contributed by atoms with Gasteiger partial charge in [0.15, 0.2) is 0 Å². The molecule has 2 nitrogen and oxygen atoms in total. The van der Waals surface area contributed by atoms with Gasteiger partial charge in [-0.2, -0.15) is 0 Å². The van der Waals surface area contributed by atoms with Crippen LogP contribution in [0.15, 0.2) is 48.6 Å². The lowest BCUT2D eigenvalue weighted by molar-refractivity contribution is -0.128. The number of rotatable bonds is 10. The van der Waals surface area contributed by atoms with E-state index in [1.54, 1.807) is 13.0 Å². The molecule has 0 amide bonds. The van der Waals surface area contributed by atoms with E-state index >= 15 is 0 Å². The molecule has 0 saturated heterocycles. The number of hydrogen-bond donors (Lipinski definition) is 1. The zero-order valence-electron chi connectivity index (χ0n) is 15.3. The molecule has 0 heterocycles. The van der Waals surface area contributed by atoms with Gasteiger partial charge in [0.05, 0.1) is 11.7 Å². The van der Waals surface area contributed by atoms with Crippen molar-refractivity contribution in [3.8, 4) is 0 Å². The highest BCUT2D eigenvalue weighted by Gasteiger charge is 2.34. The Balaban J connectivity index is 5.13. The highest BCUT2D eigenvalue weighted by Crippen LogP contribution is 2.29. The Morgan fingerprint density at radius 2 is 1.59 bits per heavy atom. The number of ether oxygens (including phenoxy) is 1. The van der Waals surface area contributed by atoms with Crippen molar-refractivity contribution in [3.05, 3.63) is 48.6 Å². The molecule has 0 radical (unpaired) electrons. The van der Waals surface area contributed by atoms with Gasteiger partial charge in [-0.1, -0.05) is 35.5 Å². The van der Waals surface area contributed by atoms with E-state index in [4.69, 9.17) is 4.74 Å². The Hall–Kier alpha value is -1.12. The molecule has 0 spiro atoms. The fraction of sp³-hybridized carbons (Fsp3) is 0.600. The second kappa shape index (κ2) is 9.12. The zero-order valence-corrected chi connectivity index (χ0v) is 15.3. The SMILES string of the molecule is C=CC(C)(CCC=C(C)C)OC(CC=C(C)C)C(C)(O)C=C. The van der Waals surface area contributed by atoms with Crippen molar-refractivity contribution in [3.63, 3.8) is 0 Å². The maximum atomic E-state index is 10.5. The number of aliphatic hydroxyl groups is 1. The third-order valence-electron chi connectivity index (χ3n) is 3.84. The molecular formula is C20H34O2. The fourth-order valence-corrected chi connectivity index (χ4v) is 2.06. The van der Waals surface area contributed by atoms with Crippen LogP contribution in [0.25, 0.3) is 0 Å². The van der Waals surface area contributed by atoms with E-state index in [0.29, 0.717) is 6.42 Å². The van der Waals surface area contributed by atoms with Crippen molar-refractivity contribution in [1.29, 1.82) is 0 Å². The second-order valence-corrected chi connectivity index (χ2v) is 6.89. The standard InChI is InChI=1S/C20H34O2/c1-9-19(7,15-11-12-16(3)4)22-18(14-13-17(5)6)20(8,21)10-2/h9-10,12-13,18,21H,1-2,11,14-15H2,3-8H3. The average Bonchev–Trinajstić information content (AvgIpc) is 2.42. The maximum absolute atomic E-state index is 10.5. The van der Waals surface area contributed by atoms with Gasteiger partial charge in [0, 0.05) is 0 Å². The van der Waals surface area contributed by atoms with Gasteiger partial charge >= 0.3 is 0 Å². The molecule has 0 bridgehead atoms. The van der Waals surface area contributed by atoms with Crippen molar-refractivity contribution in [2.45, 2.75) is 78.1 Å². The van der Waals surface area contributed by atoms with Gasteiger partial charge in [0.25, 0.3) is 0 Å². The van der Waals surface area contributed by atoms with E-state index in [2.05, 4.69) is 39.2 Å². The number of hydrogen-bond acceptors (Lipinski definition) is 2. The van der Waals surface area contributed by atoms with Gasteiger partial charge in [0.2, 0.25) is 0 Å². The first-order chi connectivity index (χ1) is 10.1. The number of allylic oxidation sites excluding steroid dienone is 3. The predicted molar refractivity (Wildman–Crippen MR) is 97.0 cm³/mol. The van der Waals surface area contributed by atoms with Crippen LogP contribution in [-0.4, -0.2) is 22.4 Å². The minimum atomic E-state index is -1.08. The summed E-state index contributed by atoms with van der Waals surface area (Å²) in [6.45, 7) is 19.7. The topological polar surface area (TPSA) is 29.5 Å². The molecule has 0 saturated carbocycles. The van der Waals surface area contributed by atoms with Crippen LogP contribution < -0.4 is 0 Å². The van der Waals surface area contributed by atoms with E-state index in [1.165, 1.54) is 11.1 Å². The van der Waals surface area contributed by atoms with E-state index in [1.807, 2.05) is 26.8 Å². The van der Waals surface area contributed by atoms with Crippen molar-refractivity contribution in [2.24, 2.45) is 0 Å². The molecule has 0 aliphatic heterocycles. The summed E-state index contributed by atoms with van der Waals surface area (Å²) in [6, 6.07) is 0. The van der Waals surface area contributed by atoms with Crippen molar-refractivity contribution >= 4 is 0 Å². The van der Waals surface area contributed by atoms with Gasteiger partial charge in [-0.15, -0.1) is 13.2 Å². The fourth-order valence-electron chi connectivity index (χ4n) is 2.06. The monoisotopic (exact) mass is 306 g/mol. The lowest BCUT2D eigenvalue weighted by atomic mass is 9.92. The predicted octanol–water partition coefficient (Wildman–Crippen LogP) is 5.36. The van der Waals surface area contributed by atoms with Crippen LogP contribution in [-0.2, 0) is 4.74 Å². The summed E-state index contributed by atoms with van der Waals surface area (Å²) >= 11 is 0. The highest BCUT2D eigenvalue weighted by molar-refractivity contribution is 5.07. The summed E-state index contributed by atoms with van der Waals surface area (Å²) < 4.78 is 6.26. The second-order valence-electron chi connectivity index (χ2n) is 6.89. The molecule has 126 valence electrons. The summed E-state index contributed by atoms with van der Waals surface area (Å²) in [5.74, 6) is 0. The molecule has 3 unspecified atom stereocenters. The van der Waals surface area contributed by atoms with Gasteiger partial charge in [-0.3, -0.25) is 0 Å². The van der Waals surface area contributed by atoms with Crippen molar-refractivity contribution < 1.29 is 9.84 Å². The Kier molecular flexibility index (Phi) is 8.65. The zero-order chi connectivity index (χ0) is 17.4. The summed E-state index contributed by atoms with van der Waals surface area (Å²) in [5.41, 5.74) is 0.954. The minimum absolute atomic E-state index is 0.352. The Morgan fingerprint density at radius 1 is 1.05 bits per heavy atom. The molecule has 2 heteroatoms. The summed E-state index contributed by atoms with van der Waals surface area (Å²) in [7, 11) is 0. The summed E-state index contributed by atoms with van der Waals surface area (Å²) in [5, 5.41) is 10.5. The lowest BCUT2D eigenvalue weighted by Gasteiger charge is -2.37. The Labute approximate surface area is 137 Å². The average molecular weight is 306 g/mol. The smallest absolute Gasteiger partial charge is 0.106 e. The van der Waals surface area contributed by atoms with E-state index in [0.717, 1.165) is 12.8 Å². The molecule has 0 aliphatic rings. The normalized spacial score (nSPS) is 17.6. The third-order valence-corrected chi connectivity index (χ3v) is 3.84. The molecule has 3 atom stereocenters. The van der Waals surface area contributed by atoms with Crippen LogP contribution >= 0.6 is 0 Å². The first-order valence-corrected chi connectivity index (χ1v) is 8.00. The van der Waals surface area contributed by atoms with Crippen LogP contribution in [0, 0.1) is 0 Å². The highest BCUT2D eigenvalue weighted by atomic mass is 16.5. The molecule has 0 fully saturated rings. The molecule has 0 aliphatic carbocycles. The van der Waals surface area contributed by atoms with E-state index in [-0.39, 0.29) is 6.10 Å². The van der Waals surface area contributed by atoms with Crippen LogP contribution in [0.1, 0.15) is 60.8 Å². The van der Waals surface area contributed by atoms with Gasteiger partial charge in [-0.25, -0.2) is 0 Å². The minimum Gasteiger partial charge on any atom is -0.383 e. The molecule has 0 aromatic heterocycles. The van der Waals surface area contributed by atoms with E-state index in [9.17, 15) is 5.11 Å². The van der Waals surface area contributed by atoms with Gasteiger partial charge in [0.1, 0.15) is 5.60 Å². The maximum Gasteiger partial charge on any atom is 0.106 e. The van der Waals surface area contributed by atoms with Crippen LogP contribution in [0.2, 0.25) is 0 Å². The summed E-state index contributed by atoms with van der Waals surface area (Å²) in [4.78, 5) is 0. The van der Waals surface area contributed by atoms with Crippen LogP contribution in [0.4, 0.5) is 0 Å². The van der Waals surface area contributed by atoms with Crippen molar-refractivity contribution in [2.75, 3.05) is 0 Å². The Bertz CT molecular complexity index is 421. The van der Waals surface area contributed by atoms with Gasteiger partial charge < -0.3 is 9.84 Å². The lowest BCUT2D eigenvalue weighted by Crippen LogP contribution is -2.44. The molecule has 1 N–H and O–H groups in total. The molecule has 0 rings (SSSR count). The molecule has 22 heavy (non-hydrogen) atoms. The van der Waals surface area contributed by atoms with Crippen LogP contribution in [0.5, 0.6) is 0 Å². The molecule has 0 aromatic rings. The first kappa shape index (κ1) is 20.9. The van der Waals surface area contributed by atoms with E-state index < -0.39 is 11.2 Å². The molecular weight excluding hydrogens is 272 g/mol. The summed E-state index contributed by atoms with van der Waals surface area (Å²) in [6.07, 6.45) is 9.72. The quantitative estimate of drug-likeness (QED) is 0.551. The van der Waals surface area contributed by atoms with Crippen LogP contribution in [0.3, 0.4) is 0 Å². The molecule has 0 aromatic carbocycles.